The minimum Gasteiger partial charge on any atom is -0.423 e. The molecule has 0 aliphatic carbocycles. The van der Waals surface area contributed by atoms with Gasteiger partial charge in [-0.05, 0) is 43.0 Å². The van der Waals surface area contributed by atoms with E-state index in [2.05, 4.69) is 27.4 Å². The Morgan fingerprint density at radius 3 is 2.85 bits per heavy atom. The van der Waals surface area contributed by atoms with Crippen molar-refractivity contribution in [3.63, 3.8) is 0 Å². The fourth-order valence-electron chi connectivity index (χ4n) is 4.35. The van der Waals surface area contributed by atoms with Gasteiger partial charge < -0.3 is 14.6 Å². The number of rotatable bonds is 5. The maximum Gasteiger partial charge on any atom is 0.295 e. The molecule has 1 fully saturated rings. The van der Waals surface area contributed by atoms with Crippen LogP contribution in [0.2, 0.25) is 0 Å². The molecule has 1 saturated heterocycles. The molecule has 2 unspecified atom stereocenters. The molecule has 3 heterocycles. The van der Waals surface area contributed by atoms with Crippen LogP contribution in [0.25, 0.3) is 16.8 Å². The number of piperidine rings is 1. The van der Waals surface area contributed by atoms with Gasteiger partial charge in [-0.15, -0.1) is 0 Å². The lowest BCUT2D eigenvalue weighted by Crippen LogP contribution is -2.51. The van der Waals surface area contributed by atoms with Gasteiger partial charge in [-0.25, -0.2) is 8.78 Å². The molecule has 170 valence electrons. The van der Waals surface area contributed by atoms with Crippen molar-refractivity contribution in [1.82, 2.24) is 24.9 Å². The predicted octanol–water partition coefficient (Wildman–Crippen LogP) is 4.04. The fourth-order valence-corrected chi connectivity index (χ4v) is 4.35. The standard InChI is InChI=1S/C23H22F2N6O2/c1-14-4-3-11-30(19(14)13-26-23-29-17-8-7-15(24)12-20(17)33-23)22(32)21-16(25)5-2-6-18(21)31-27-9-10-28-31/h2,5-10,12,14,19H,3-4,11,13H2,1H3,(H,26,29). The number of nitrogens with zero attached hydrogens (tertiary/aromatic N) is 5. The lowest BCUT2D eigenvalue weighted by Gasteiger charge is -2.40. The molecular formula is C23H22F2N6O2. The second kappa shape index (κ2) is 8.61. The molecule has 1 amide bonds. The topological polar surface area (TPSA) is 89.1 Å². The molecule has 0 bridgehead atoms. The molecule has 0 radical (unpaired) electrons. The molecule has 2 aromatic heterocycles. The van der Waals surface area contributed by atoms with Crippen molar-refractivity contribution < 1.29 is 18.0 Å². The molecule has 33 heavy (non-hydrogen) atoms. The van der Waals surface area contributed by atoms with Crippen LogP contribution in [-0.4, -0.2) is 49.9 Å². The number of likely N-dealkylation sites (tertiary alicyclic amines) is 1. The van der Waals surface area contributed by atoms with Crippen LogP contribution in [0.3, 0.4) is 0 Å². The highest BCUT2D eigenvalue weighted by Crippen LogP contribution is 2.28. The summed E-state index contributed by atoms with van der Waals surface area (Å²) in [4.78, 5) is 20.9. The van der Waals surface area contributed by atoms with E-state index in [1.54, 1.807) is 17.0 Å². The number of anilines is 1. The maximum atomic E-state index is 14.9. The normalized spacial score (nSPS) is 18.6. The average molecular weight is 452 g/mol. The van der Waals surface area contributed by atoms with Gasteiger partial charge in [0.1, 0.15) is 28.4 Å². The fraction of sp³-hybridized carbons (Fsp3) is 0.304. The number of nitrogens with one attached hydrogen (secondary N) is 1. The van der Waals surface area contributed by atoms with Gasteiger partial charge in [0.15, 0.2) is 5.58 Å². The number of aromatic nitrogens is 4. The maximum absolute atomic E-state index is 14.9. The number of carbonyl (C=O) groups excluding carboxylic acids is 1. The number of benzene rings is 2. The molecule has 1 aliphatic heterocycles. The second-order valence-electron chi connectivity index (χ2n) is 8.15. The van der Waals surface area contributed by atoms with Crippen molar-refractivity contribution in [3.8, 4) is 5.69 Å². The molecule has 5 rings (SSSR count). The van der Waals surface area contributed by atoms with Crippen LogP contribution in [0, 0.1) is 17.6 Å². The van der Waals surface area contributed by atoms with Crippen molar-refractivity contribution >= 4 is 23.0 Å². The second-order valence-corrected chi connectivity index (χ2v) is 8.15. The third-order valence-electron chi connectivity index (χ3n) is 6.03. The zero-order chi connectivity index (χ0) is 22.9. The Balaban J connectivity index is 1.41. The number of oxazole rings is 1. The van der Waals surface area contributed by atoms with Crippen molar-refractivity contribution in [3.05, 3.63) is 66.0 Å². The van der Waals surface area contributed by atoms with E-state index in [1.165, 1.54) is 41.5 Å². The van der Waals surface area contributed by atoms with Crippen LogP contribution < -0.4 is 5.32 Å². The number of carbonyl (C=O) groups is 1. The summed E-state index contributed by atoms with van der Waals surface area (Å²) in [5.41, 5.74) is 1.09. The van der Waals surface area contributed by atoms with Gasteiger partial charge >= 0.3 is 0 Å². The molecule has 0 spiro atoms. The van der Waals surface area contributed by atoms with Crippen molar-refractivity contribution in [2.24, 2.45) is 5.92 Å². The van der Waals surface area contributed by atoms with E-state index in [-0.39, 0.29) is 29.2 Å². The minimum absolute atomic E-state index is 0.0647. The first kappa shape index (κ1) is 21.0. The highest BCUT2D eigenvalue weighted by molar-refractivity contribution is 5.98. The summed E-state index contributed by atoms with van der Waals surface area (Å²) in [6.45, 7) is 2.91. The molecule has 0 saturated carbocycles. The quantitative estimate of drug-likeness (QED) is 0.492. The number of fused-ring (bicyclic) bond motifs is 1. The summed E-state index contributed by atoms with van der Waals surface area (Å²) < 4.78 is 33.9. The van der Waals surface area contributed by atoms with Crippen molar-refractivity contribution in [2.45, 2.75) is 25.8 Å². The van der Waals surface area contributed by atoms with Crippen LogP contribution in [0.4, 0.5) is 14.8 Å². The van der Waals surface area contributed by atoms with E-state index in [0.29, 0.717) is 24.2 Å². The first-order valence-corrected chi connectivity index (χ1v) is 10.8. The van der Waals surface area contributed by atoms with Gasteiger partial charge in [0, 0.05) is 19.2 Å². The van der Waals surface area contributed by atoms with E-state index in [9.17, 15) is 13.6 Å². The minimum atomic E-state index is -0.624. The van der Waals surface area contributed by atoms with Crippen LogP contribution in [0.5, 0.6) is 0 Å². The van der Waals surface area contributed by atoms with Crippen LogP contribution >= 0.6 is 0 Å². The zero-order valence-electron chi connectivity index (χ0n) is 17.9. The van der Waals surface area contributed by atoms with Gasteiger partial charge in [-0.2, -0.15) is 20.0 Å². The summed E-state index contributed by atoms with van der Waals surface area (Å²) in [5, 5.41) is 11.3. The summed E-state index contributed by atoms with van der Waals surface area (Å²) >= 11 is 0. The van der Waals surface area contributed by atoms with Gasteiger partial charge in [-0.1, -0.05) is 13.0 Å². The van der Waals surface area contributed by atoms with E-state index in [4.69, 9.17) is 4.42 Å². The highest BCUT2D eigenvalue weighted by Gasteiger charge is 2.35. The smallest absolute Gasteiger partial charge is 0.295 e. The first-order valence-electron chi connectivity index (χ1n) is 10.8. The number of amides is 1. The molecule has 1 aliphatic rings. The lowest BCUT2D eigenvalue weighted by molar-refractivity contribution is 0.0534. The molecule has 4 aromatic rings. The highest BCUT2D eigenvalue weighted by atomic mass is 19.1. The Kier molecular flexibility index (Phi) is 5.49. The zero-order valence-corrected chi connectivity index (χ0v) is 17.9. The molecule has 2 aromatic carbocycles. The third-order valence-corrected chi connectivity index (χ3v) is 6.03. The molecule has 1 N–H and O–H groups in total. The Bertz CT molecular complexity index is 1290. The van der Waals surface area contributed by atoms with Gasteiger partial charge in [0.2, 0.25) is 0 Å². The molecule has 10 heteroatoms. The number of hydrogen-bond donors (Lipinski definition) is 1. The summed E-state index contributed by atoms with van der Waals surface area (Å²) in [6, 6.07) is 8.56. The van der Waals surface area contributed by atoms with E-state index in [1.807, 2.05) is 0 Å². The van der Waals surface area contributed by atoms with Crippen LogP contribution in [0.15, 0.2) is 53.2 Å². The SMILES string of the molecule is CC1CCCN(C(=O)c2c(F)cccc2-n2nccn2)C1CNc1nc2ccc(F)cc2o1. The molecule has 8 nitrogen and oxygen atoms in total. The van der Waals surface area contributed by atoms with E-state index < -0.39 is 17.5 Å². The Morgan fingerprint density at radius 1 is 1.21 bits per heavy atom. The lowest BCUT2D eigenvalue weighted by atomic mass is 9.90. The van der Waals surface area contributed by atoms with E-state index >= 15 is 0 Å². The summed E-state index contributed by atoms with van der Waals surface area (Å²) in [7, 11) is 0. The Labute approximate surface area is 188 Å². The van der Waals surface area contributed by atoms with Crippen molar-refractivity contribution in [2.75, 3.05) is 18.4 Å². The van der Waals surface area contributed by atoms with Crippen LogP contribution in [-0.2, 0) is 0 Å². The largest absolute Gasteiger partial charge is 0.423 e. The van der Waals surface area contributed by atoms with E-state index in [0.717, 1.165) is 12.8 Å². The van der Waals surface area contributed by atoms with Crippen LogP contribution in [0.1, 0.15) is 30.1 Å². The third kappa shape index (κ3) is 4.04. The van der Waals surface area contributed by atoms with Gasteiger partial charge in [-0.3, -0.25) is 4.79 Å². The van der Waals surface area contributed by atoms with Crippen molar-refractivity contribution in [1.29, 1.82) is 0 Å². The van der Waals surface area contributed by atoms with Gasteiger partial charge in [0.25, 0.3) is 11.9 Å². The molecule has 2 atom stereocenters. The Hall–Kier alpha value is -3.82. The van der Waals surface area contributed by atoms with Gasteiger partial charge in [0.05, 0.1) is 18.4 Å². The monoisotopic (exact) mass is 452 g/mol. The predicted molar refractivity (Wildman–Crippen MR) is 117 cm³/mol. The number of halogens is 2. The Morgan fingerprint density at radius 2 is 2.03 bits per heavy atom. The first-order chi connectivity index (χ1) is 16.0. The summed E-state index contributed by atoms with van der Waals surface area (Å²) in [6.07, 6.45) is 4.69. The number of hydrogen-bond acceptors (Lipinski definition) is 6. The summed E-state index contributed by atoms with van der Waals surface area (Å²) in [5.74, 6) is -1.29. The average Bonchev–Trinajstić information content (AvgIpc) is 3.47. The molecular weight excluding hydrogens is 430 g/mol.